The average Bonchev–Trinajstić information content (AvgIpc) is 3.42. The van der Waals surface area contributed by atoms with Gasteiger partial charge in [0.2, 0.25) is 0 Å². The number of nitrogens with one attached hydrogen (secondary N) is 1. The van der Waals surface area contributed by atoms with Gasteiger partial charge in [-0.3, -0.25) is 14.3 Å². The first kappa shape index (κ1) is 29.7. The Balaban J connectivity index is 1.56. The van der Waals surface area contributed by atoms with E-state index in [1.54, 1.807) is 35.0 Å². The van der Waals surface area contributed by atoms with Crippen LogP contribution in [0.25, 0.3) is 33.3 Å². The number of aliphatic carboxylic acids is 1. The van der Waals surface area contributed by atoms with Gasteiger partial charge in [-0.25, -0.2) is 0 Å². The molecule has 1 amide bonds. The van der Waals surface area contributed by atoms with Crippen molar-refractivity contribution >= 4 is 34.2 Å². The molecule has 0 fully saturated rings. The van der Waals surface area contributed by atoms with Crippen LogP contribution in [0.2, 0.25) is 5.02 Å². The Bertz CT molecular complexity index is 1800. The number of hydrogen-bond donors (Lipinski definition) is 2. The molecule has 5 aromatic rings. The Hall–Kier alpha value is -4.83. The third kappa shape index (κ3) is 6.98. The van der Waals surface area contributed by atoms with Gasteiger partial charge in [-0.15, -0.1) is 13.2 Å². The number of carboxylic acid groups (broad SMARTS) is 1. The van der Waals surface area contributed by atoms with E-state index in [2.05, 4.69) is 10.1 Å². The van der Waals surface area contributed by atoms with Gasteiger partial charge in [-0.1, -0.05) is 60.1 Å². The van der Waals surface area contributed by atoms with Gasteiger partial charge >= 0.3 is 12.3 Å². The van der Waals surface area contributed by atoms with Crippen LogP contribution >= 0.6 is 11.6 Å². The zero-order valence-corrected chi connectivity index (χ0v) is 23.5. The minimum atomic E-state index is -4.92. The van der Waals surface area contributed by atoms with E-state index in [-0.39, 0.29) is 29.2 Å². The van der Waals surface area contributed by atoms with Gasteiger partial charge in [0, 0.05) is 28.3 Å². The molecule has 5 rings (SSSR count). The number of fused-ring (bicyclic) bond motifs is 1. The van der Waals surface area contributed by atoms with Crippen molar-refractivity contribution in [3.63, 3.8) is 0 Å². The number of halogens is 4. The average molecular weight is 608 g/mol. The fraction of sp³-hybridized carbons (Fsp3) is 0.156. The fourth-order valence-corrected chi connectivity index (χ4v) is 4.91. The van der Waals surface area contributed by atoms with Crippen molar-refractivity contribution in [1.82, 2.24) is 15.1 Å². The maximum Gasteiger partial charge on any atom is 0.573 e. The highest BCUT2D eigenvalue weighted by Crippen LogP contribution is 2.38. The maximum absolute atomic E-state index is 13.2. The number of rotatable bonds is 9. The van der Waals surface area contributed by atoms with E-state index in [4.69, 9.17) is 21.8 Å². The lowest BCUT2D eigenvalue weighted by molar-refractivity contribution is -0.274. The second-order valence-corrected chi connectivity index (χ2v) is 10.2. The van der Waals surface area contributed by atoms with E-state index >= 15 is 0 Å². The third-order valence-corrected chi connectivity index (χ3v) is 7.11. The lowest BCUT2D eigenvalue weighted by atomic mass is 10.0. The molecule has 0 spiro atoms. The molecular weight excluding hydrogens is 583 g/mol. The lowest BCUT2D eigenvalue weighted by Crippen LogP contribution is -2.26. The van der Waals surface area contributed by atoms with Crippen molar-refractivity contribution in [2.24, 2.45) is 0 Å². The summed E-state index contributed by atoms with van der Waals surface area (Å²) in [7, 11) is 0. The highest BCUT2D eigenvalue weighted by atomic mass is 35.5. The van der Waals surface area contributed by atoms with Crippen molar-refractivity contribution in [1.29, 1.82) is 0 Å². The van der Waals surface area contributed by atoms with Crippen molar-refractivity contribution < 1.29 is 32.6 Å². The number of amides is 1. The Kier molecular flexibility index (Phi) is 8.40. The quantitative estimate of drug-likeness (QED) is 0.179. The zero-order chi connectivity index (χ0) is 30.7. The van der Waals surface area contributed by atoms with Gasteiger partial charge in [0.25, 0.3) is 5.91 Å². The molecule has 43 heavy (non-hydrogen) atoms. The molecule has 1 heterocycles. The van der Waals surface area contributed by atoms with Crippen molar-refractivity contribution in [3.05, 3.63) is 107 Å². The van der Waals surface area contributed by atoms with Crippen molar-refractivity contribution in [3.8, 4) is 28.3 Å². The topological polar surface area (TPSA) is 93.5 Å². The van der Waals surface area contributed by atoms with Crippen LogP contribution in [0.15, 0.2) is 91.0 Å². The Labute approximate surface area is 249 Å². The second-order valence-electron chi connectivity index (χ2n) is 9.81. The van der Waals surface area contributed by atoms with Crippen LogP contribution in [-0.2, 0) is 4.79 Å². The highest BCUT2D eigenvalue weighted by molar-refractivity contribution is 6.31. The van der Waals surface area contributed by atoms with E-state index < -0.39 is 30.0 Å². The molecule has 0 aliphatic heterocycles. The summed E-state index contributed by atoms with van der Waals surface area (Å²) in [5.74, 6) is -1.85. The van der Waals surface area contributed by atoms with Crippen LogP contribution in [-0.4, -0.2) is 39.7 Å². The first-order valence-corrected chi connectivity index (χ1v) is 13.6. The molecule has 0 aliphatic rings. The summed E-state index contributed by atoms with van der Waals surface area (Å²) in [6, 6.07) is 25.5. The summed E-state index contributed by atoms with van der Waals surface area (Å²) in [6.07, 6.45) is -5.11. The number of hydrogen-bond acceptors (Lipinski definition) is 4. The molecule has 0 radical (unpaired) electrons. The fourth-order valence-electron chi connectivity index (χ4n) is 4.74. The molecule has 7 nitrogen and oxygen atoms in total. The van der Waals surface area contributed by atoms with Crippen LogP contribution in [0.1, 0.15) is 35.3 Å². The van der Waals surface area contributed by atoms with Crippen molar-refractivity contribution in [2.45, 2.75) is 25.7 Å². The van der Waals surface area contributed by atoms with Crippen LogP contribution in [0.3, 0.4) is 0 Å². The lowest BCUT2D eigenvalue weighted by Gasteiger charge is -2.17. The van der Waals surface area contributed by atoms with E-state index in [1.807, 2.05) is 49.4 Å². The first-order chi connectivity index (χ1) is 20.5. The maximum atomic E-state index is 13.2. The molecule has 0 bridgehead atoms. The van der Waals surface area contributed by atoms with Gasteiger partial charge in [0.1, 0.15) is 5.75 Å². The Morgan fingerprint density at radius 3 is 2.40 bits per heavy atom. The molecule has 2 N–H and O–H groups in total. The molecule has 1 aromatic heterocycles. The molecule has 1 unspecified atom stereocenters. The van der Waals surface area contributed by atoms with Gasteiger partial charge in [0.05, 0.1) is 23.9 Å². The molecule has 4 aromatic carbocycles. The van der Waals surface area contributed by atoms with Crippen LogP contribution in [0, 0.1) is 0 Å². The Morgan fingerprint density at radius 2 is 1.70 bits per heavy atom. The standard InChI is InChI=1S/C32H25ClF3N3O4/c1-19(20-6-9-22(10-7-20)31(42)37-15-14-30(40)41)39-28(24-11-8-21-4-2-3-5-23(21)16-24)18-27(38-39)26-17-25(33)12-13-29(26)43-32(34,35)36/h2-13,16-19H,14-15H2,1H3,(H,37,42)(H,40,41). The summed E-state index contributed by atoms with van der Waals surface area (Å²) in [4.78, 5) is 23.1. The largest absolute Gasteiger partial charge is 0.573 e. The molecular formula is C32H25ClF3N3O4. The van der Waals surface area contributed by atoms with Gasteiger partial charge in [0.15, 0.2) is 0 Å². The number of ether oxygens (including phenoxy) is 1. The Morgan fingerprint density at radius 1 is 0.977 bits per heavy atom. The minimum absolute atomic E-state index is 0.00104. The second kappa shape index (κ2) is 12.2. The zero-order valence-electron chi connectivity index (χ0n) is 22.7. The van der Waals surface area contributed by atoms with E-state index in [1.165, 1.54) is 12.1 Å². The van der Waals surface area contributed by atoms with Gasteiger partial charge < -0.3 is 15.2 Å². The first-order valence-electron chi connectivity index (χ1n) is 13.2. The highest BCUT2D eigenvalue weighted by Gasteiger charge is 2.33. The molecule has 11 heteroatoms. The molecule has 220 valence electrons. The number of benzene rings is 4. The van der Waals surface area contributed by atoms with Gasteiger partial charge in [-0.2, -0.15) is 5.10 Å². The van der Waals surface area contributed by atoms with Gasteiger partial charge in [-0.05, 0) is 65.7 Å². The monoisotopic (exact) mass is 607 g/mol. The van der Waals surface area contributed by atoms with E-state index in [0.29, 0.717) is 11.3 Å². The summed E-state index contributed by atoms with van der Waals surface area (Å²) in [5.41, 5.74) is 2.86. The van der Waals surface area contributed by atoms with Crippen LogP contribution < -0.4 is 10.1 Å². The molecule has 1 atom stereocenters. The summed E-state index contributed by atoms with van der Waals surface area (Å²) in [6.45, 7) is 1.88. The summed E-state index contributed by atoms with van der Waals surface area (Å²) < 4.78 is 45.7. The molecule has 0 saturated carbocycles. The SMILES string of the molecule is CC(c1ccc(C(=O)NCCC(=O)O)cc1)n1nc(-c2cc(Cl)ccc2OC(F)(F)F)cc1-c1ccc2ccccc2c1. The van der Waals surface area contributed by atoms with Crippen LogP contribution in [0.4, 0.5) is 13.2 Å². The summed E-state index contributed by atoms with van der Waals surface area (Å²) in [5, 5.41) is 18.3. The number of nitrogens with zero attached hydrogens (tertiary/aromatic N) is 2. The van der Waals surface area contributed by atoms with E-state index in [9.17, 15) is 22.8 Å². The smallest absolute Gasteiger partial charge is 0.481 e. The minimum Gasteiger partial charge on any atom is -0.481 e. The third-order valence-electron chi connectivity index (χ3n) is 6.87. The number of aromatic nitrogens is 2. The normalized spacial score (nSPS) is 12.2. The summed E-state index contributed by atoms with van der Waals surface area (Å²) >= 11 is 6.18. The predicted molar refractivity (Wildman–Crippen MR) is 157 cm³/mol. The molecule has 0 saturated heterocycles. The van der Waals surface area contributed by atoms with Crippen molar-refractivity contribution in [2.75, 3.05) is 6.54 Å². The molecule has 0 aliphatic carbocycles. The predicted octanol–water partition coefficient (Wildman–Crippen LogP) is 7.74. The number of alkyl halides is 3. The number of carbonyl (C=O) groups is 2. The number of carbonyl (C=O) groups excluding carboxylic acids is 1. The van der Waals surface area contributed by atoms with E-state index in [0.717, 1.165) is 28.0 Å². The van der Waals surface area contributed by atoms with Crippen LogP contribution in [0.5, 0.6) is 5.75 Å². The number of carboxylic acids is 1.